The Morgan fingerprint density at radius 1 is 1.08 bits per heavy atom. The second-order valence-corrected chi connectivity index (χ2v) is 5.54. The van der Waals surface area contributed by atoms with Gasteiger partial charge in [0.05, 0.1) is 13.7 Å². The van der Waals surface area contributed by atoms with Crippen LogP contribution < -0.4 is 15.2 Å². The number of nitrogen functional groups attached to an aromatic ring is 1. The number of likely N-dealkylation sites (N-methyl/N-ethyl adjacent to an activating group) is 1. The normalized spacial score (nSPS) is 10.2. The Hall–Kier alpha value is -2.69. The third kappa shape index (κ3) is 5.19. The maximum absolute atomic E-state index is 12.2. The van der Waals surface area contributed by atoms with E-state index in [9.17, 15) is 4.79 Å². The number of amides is 1. The van der Waals surface area contributed by atoms with Crippen molar-refractivity contribution in [3.63, 3.8) is 0 Å². The van der Waals surface area contributed by atoms with E-state index in [0.29, 0.717) is 26.0 Å². The molecule has 0 radical (unpaired) electrons. The molecule has 0 bridgehead atoms. The van der Waals surface area contributed by atoms with E-state index in [1.54, 1.807) is 19.1 Å². The molecule has 24 heavy (non-hydrogen) atoms. The first kappa shape index (κ1) is 17.7. The van der Waals surface area contributed by atoms with Crippen molar-refractivity contribution in [2.75, 3.05) is 33.0 Å². The summed E-state index contributed by atoms with van der Waals surface area (Å²) in [4.78, 5) is 13.8. The number of methoxy groups -OCH3 is 1. The quantitative estimate of drug-likeness (QED) is 0.757. The lowest BCUT2D eigenvalue weighted by molar-refractivity contribution is -0.130. The second-order valence-electron chi connectivity index (χ2n) is 5.54. The Kier molecular flexibility index (Phi) is 6.49. The first-order chi connectivity index (χ1) is 11.6. The number of hydrogen-bond donors (Lipinski definition) is 1. The molecule has 0 aliphatic heterocycles. The number of carbonyl (C=O) groups excluding carboxylic acids is 1. The minimum absolute atomic E-state index is 0.0802. The fourth-order valence-electron chi connectivity index (χ4n) is 2.29. The molecule has 0 spiro atoms. The highest BCUT2D eigenvalue weighted by molar-refractivity contribution is 5.76. The highest BCUT2D eigenvalue weighted by Crippen LogP contribution is 2.17. The molecule has 0 unspecified atom stereocenters. The molecule has 2 aromatic rings. The number of anilines is 1. The summed E-state index contributed by atoms with van der Waals surface area (Å²) in [7, 11) is 3.41. The molecule has 0 aliphatic rings. The van der Waals surface area contributed by atoms with Gasteiger partial charge in [-0.1, -0.05) is 18.2 Å². The molecule has 2 rings (SSSR count). The van der Waals surface area contributed by atoms with Crippen LogP contribution in [0, 0.1) is 0 Å². The number of carbonyl (C=O) groups is 1. The minimum atomic E-state index is 0.0802. The average Bonchev–Trinajstić information content (AvgIpc) is 2.61. The largest absolute Gasteiger partial charge is 0.497 e. The summed E-state index contributed by atoms with van der Waals surface area (Å²) in [6, 6.07) is 15.0. The lowest BCUT2D eigenvalue weighted by Crippen LogP contribution is -2.31. The van der Waals surface area contributed by atoms with Crippen LogP contribution >= 0.6 is 0 Å². The number of rotatable bonds is 8. The summed E-state index contributed by atoms with van der Waals surface area (Å²) in [5.41, 5.74) is 7.63. The molecule has 0 fully saturated rings. The van der Waals surface area contributed by atoms with Crippen molar-refractivity contribution < 1.29 is 14.3 Å². The van der Waals surface area contributed by atoms with Crippen molar-refractivity contribution in [3.8, 4) is 11.5 Å². The summed E-state index contributed by atoms with van der Waals surface area (Å²) in [5, 5.41) is 0. The third-order valence-corrected chi connectivity index (χ3v) is 3.84. The van der Waals surface area contributed by atoms with Gasteiger partial charge >= 0.3 is 0 Å². The summed E-state index contributed by atoms with van der Waals surface area (Å²) in [6.07, 6.45) is 1.09. The van der Waals surface area contributed by atoms with Crippen molar-refractivity contribution in [1.29, 1.82) is 0 Å². The van der Waals surface area contributed by atoms with Crippen molar-refractivity contribution in [3.05, 3.63) is 54.1 Å². The molecule has 0 saturated heterocycles. The number of hydrogen-bond acceptors (Lipinski definition) is 4. The first-order valence-electron chi connectivity index (χ1n) is 7.94. The smallest absolute Gasteiger partial charge is 0.222 e. The van der Waals surface area contributed by atoms with Gasteiger partial charge in [0.2, 0.25) is 5.91 Å². The van der Waals surface area contributed by atoms with E-state index in [-0.39, 0.29) is 5.91 Å². The second kappa shape index (κ2) is 8.82. The van der Waals surface area contributed by atoms with E-state index in [0.717, 1.165) is 22.7 Å². The molecule has 0 aromatic heterocycles. The van der Waals surface area contributed by atoms with Crippen LogP contribution in [0.5, 0.6) is 11.5 Å². The number of ether oxygens (including phenoxy) is 2. The molecule has 1 amide bonds. The van der Waals surface area contributed by atoms with Crippen LogP contribution in [0.4, 0.5) is 5.69 Å². The molecule has 2 N–H and O–H groups in total. The molecule has 5 nitrogen and oxygen atoms in total. The predicted molar refractivity (Wildman–Crippen MR) is 95.3 cm³/mol. The minimum Gasteiger partial charge on any atom is -0.497 e. The summed E-state index contributed by atoms with van der Waals surface area (Å²) < 4.78 is 10.7. The SMILES string of the molecule is COc1ccc(OCCN(C)C(=O)CCc2ccccc2N)cc1. The maximum Gasteiger partial charge on any atom is 0.222 e. The zero-order valence-electron chi connectivity index (χ0n) is 14.2. The molecule has 0 saturated carbocycles. The van der Waals surface area contributed by atoms with Crippen molar-refractivity contribution in [1.82, 2.24) is 4.90 Å². The van der Waals surface area contributed by atoms with Crippen molar-refractivity contribution in [2.24, 2.45) is 0 Å². The molecule has 2 aromatic carbocycles. The fourth-order valence-corrected chi connectivity index (χ4v) is 2.29. The highest BCUT2D eigenvalue weighted by atomic mass is 16.5. The number of benzene rings is 2. The molecule has 128 valence electrons. The summed E-state index contributed by atoms with van der Waals surface area (Å²) >= 11 is 0. The van der Waals surface area contributed by atoms with Crippen LogP contribution in [-0.4, -0.2) is 38.1 Å². The molecule has 5 heteroatoms. The summed E-state index contributed by atoms with van der Waals surface area (Å²) in [6.45, 7) is 0.983. The standard InChI is InChI=1S/C19H24N2O3/c1-21(13-14-24-17-10-8-16(23-2)9-11-17)19(22)12-7-15-5-3-4-6-18(15)20/h3-6,8-11H,7,12-14,20H2,1-2H3. The Morgan fingerprint density at radius 3 is 2.42 bits per heavy atom. The van der Waals surface area contributed by atoms with Crippen molar-refractivity contribution >= 4 is 11.6 Å². The van der Waals surface area contributed by atoms with Gasteiger partial charge in [0, 0.05) is 19.2 Å². The third-order valence-electron chi connectivity index (χ3n) is 3.84. The van der Waals surface area contributed by atoms with E-state index in [2.05, 4.69) is 0 Å². The zero-order chi connectivity index (χ0) is 17.4. The monoisotopic (exact) mass is 328 g/mol. The van der Waals surface area contributed by atoms with Gasteiger partial charge < -0.3 is 20.1 Å². The van der Waals surface area contributed by atoms with Gasteiger partial charge in [-0.3, -0.25) is 4.79 Å². The number of nitrogens with two attached hydrogens (primary N) is 1. The fraction of sp³-hybridized carbons (Fsp3) is 0.316. The van der Waals surface area contributed by atoms with Gasteiger partial charge in [0.15, 0.2) is 0 Å². The average molecular weight is 328 g/mol. The van der Waals surface area contributed by atoms with E-state index < -0.39 is 0 Å². The van der Waals surface area contributed by atoms with Crippen LogP contribution in [0.1, 0.15) is 12.0 Å². The van der Waals surface area contributed by atoms with Gasteiger partial charge in [-0.2, -0.15) is 0 Å². The molecule has 0 heterocycles. The lowest BCUT2D eigenvalue weighted by atomic mass is 10.1. The van der Waals surface area contributed by atoms with Gasteiger partial charge in [0.1, 0.15) is 18.1 Å². The van der Waals surface area contributed by atoms with Crippen LogP contribution in [0.3, 0.4) is 0 Å². The molecule has 0 atom stereocenters. The predicted octanol–water partition coefficient (Wildman–Crippen LogP) is 2.75. The number of nitrogens with zero attached hydrogens (tertiary/aromatic N) is 1. The lowest BCUT2D eigenvalue weighted by Gasteiger charge is -2.18. The van der Waals surface area contributed by atoms with E-state index in [4.69, 9.17) is 15.2 Å². The van der Waals surface area contributed by atoms with Gasteiger partial charge in [-0.15, -0.1) is 0 Å². The van der Waals surface area contributed by atoms with Crippen LogP contribution in [0.2, 0.25) is 0 Å². The Bertz CT molecular complexity index is 656. The van der Waals surface area contributed by atoms with Gasteiger partial charge in [-0.05, 0) is 42.3 Å². The number of aryl methyl sites for hydroxylation is 1. The molecule has 0 aliphatic carbocycles. The van der Waals surface area contributed by atoms with E-state index >= 15 is 0 Å². The number of para-hydroxylation sites is 1. The first-order valence-corrected chi connectivity index (χ1v) is 7.94. The van der Waals surface area contributed by atoms with E-state index in [1.165, 1.54) is 0 Å². The topological polar surface area (TPSA) is 64.8 Å². The van der Waals surface area contributed by atoms with Crippen LogP contribution in [-0.2, 0) is 11.2 Å². The van der Waals surface area contributed by atoms with Crippen molar-refractivity contribution in [2.45, 2.75) is 12.8 Å². The van der Waals surface area contributed by atoms with Crippen LogP contribution in [0.15, 0.2) is 48.5 Å². The van der Waals surface area contributed by atoms with Gasteiger partial charge in [-0.25, -0.2) is 0 Å². The highest BCUT2D eigenvalue weighted by Gasteiger charge is 2.10. The zero-order valence-corrected chi connectivity index (χ0v) is 14.2. The van der Waals surface area contributed by atoms with Gasteiger partial charge in [0.25, 0.3) is 0 Å². The van der Waals surface area contributed by atoms with E-state index in [1.807, 2.05) is 48.5 Å². The van der Waals surface area contributed by atoms with Crippen LogP contribution in [0.25, 0.3) is 0 Å². The summed E-state index contributed by atoms with van der Waals surface area (Å²) in [5.74, 6) is 1.63. The maximum atomic E-state index is 12.2. The Balaban J connectivity index is 1.72. The molecular formula is C19H24N2O3. The Morgan fingerprint density at radius 2 is 1.75 bits per heavy atom. The Labute approximate surface area is 143 Å². The molecular weight excluding hydrogens is 304 g/mol.